The zero-order chi connectivity index (χ0) is 18.2. The summed E-state index contributed by atoms with van der Waals surface area (Å²) in [5.41, 5.74) is 0.608. The number of carbonyl (C=O) groups is 1. The largest absolute Gasteiger partial charge is 0.493 e. The lowest BCUT2D eigenvalue weighted by molar-refractivity contribution is -0.123. The molecule has 0 aliphatic rings. The Morgan fingerprint density at radius 2 is 1.80 bits per heavy atom. The first-order chi connectivity index (χ1) is 12.0. The fourth-order valence-corrected chi connectivity index (χ4v) is 2.25. The van der Waals surface area contributed by atoms with Gasteiger partial charge in [0.2, 0.25) is 0 Å². The van der Waals surface area contributed by atoms with Gasteiger partial charge in [0.25, 0.3) is 5.91 Å². The molecule has 2 N–H and O–H groups in total. The molecule has 0 unspecified atom stereocenters. The second-order valence-corrected chi connectivity index (χ2v) is 5.61. The second kappa shape index (κ2) is 9.15. The second-order valence-electron chi connectivity index (χ2n) is 5.18. The van der Waals surface area contributed by atoms with Crippen molar-refractivity contribution in [3.05, 3.63) is 53.1 Å². The van der Waals surface area contributed by atoms with E-state index in [0.717, 1.165) is 0 Å². The quantitative estimate of drug-likeness (QED) is 0.752. The maximum absolute atomic E-state index is 11.8. The summed E-state index contributed by atoms with van der Waals surface area (Å²) in [5.74, 6) is 1.28. The van der Waals surface area contributed by atoms with Crippen molar-refractivity contribution in [2.24, 2.45) is 0 Å². The minimum absolute atomic E-state index is 0.0539. The molecule has 0 spiro atoms. The summed E-state index contributed by atoms with van der Waals surface area (Å²) in [4.78, 5) is 11.8. The zero-order valence-electron chi connectivity index (χ0n) is 14.0. The van der Waals surface area contributed by atoms with Gasteiger partial charge in [-0.1, -0.05) is 17.7 Å². The highest BCUT2D eigenvalue weighted by Gasteiger charge is 2.13. The number of ether oxygens (including phenoxy) is 3. The SMILES string of the molecule is COc1ccc([C@H](O)CNC(=O)COc2ccc(Cl)cc2)cc1OC. The molecular weight excluding hydrogens is 346 g/mol. The minimum Gasteiger partial charge on any atom is -0.493 e. The highest BCUT2D eigenvalue weighted by molar-refractivity contribution is 6.30. The summed E-state index contributed by atoms with van der Waals surface area (Å²) in [6, 6.07) is 11.8. The molecule has 0 bridgehead atoms. The average molecular weight is 366 g/mol. The van der Waals surface area contributed by atoms with E-state index in [4.69, 9.17) is 25.8 Å². The number of amides is 1. The smallest absolute Gasteiger partial charge is 0.258 e. The van der Waals surface area contributed by atoms with Crippen LogP contribution in [-0.4, -0.2) is 38.4 Å². The lowest BCUT2D eigenvalue weighted by Gasteiger charge is -2.15. The third-order valence-electron chi connectivity index (χ3n) is 3.47. The normalized spacial score (nSPS) is 11.5. The molecule has 0 radical (unpaired) electrons. The first-order valence-corrected chi connectivity index (χ1v) is 7.96. The molecule has 2 aromatic rings. The Morgan fingerprint density at radius 1 is 1.12 bits per heavy atom. The van der Waals surface area contributed by atoms with Crippen molar-refractivity contribution in [1.82, 2.24) is 5.32 Å². The molecule has 1 atom stereocenters. The van der Waals surface area contributed by atoms with E-state index in [-0.39, 0.29) is 19.1 Å². The molecule has 25 heavy (non-hydrogen) atoms. The third kappa shape index (κ3) is 5.55. The molecule has 134 valence electrons. The third-order valence-corrected chi connectivity index (χ3v) is 3.72. The monoisotopic (exact) mass is 365 g/mol. The van der Waals surface area contributed by atoms with Gasteiger partial charge in [-0.3, -0.25) is 4.79 Å². The van der Waals surface area contributed by atoms with E-state index in [2.05, 4.69) is 5.32 Å². The summed E-state index contributed by atoms with van der Waals surface area (Å²) < 4.78 is 15.7. The van der Waals surface area contributed by atoms with E-state index in [1.54, 1.807) is 42.5 Å². The van der Waals surface area contributed by atoms with Crippen LogP contribution in [0.3, 0.4) is 0 Å². The van der Waals surface area contributed by atoms with E-state index in [1.807, 2.05) is 0 Å². The number of methoxy groups -OCH3 is 2. The van der Waals surface area contributed by atoms with Gasteiger partial charge in [0.05, 0.1) is 20.3 Å². The number of aliphatic hydroxyl groups is 1. The predicted molar refractivity (Wildman–Crippen MR) is 94.5 cm³/mol. The van der Waals surface area contributed by atoms with Gasteiger partial charge >= 0.3 is 0 Å². The molecule has 0 aromatic heterocycles. The van der Waals surface area contributed by atoms with E-state index >= 15 is 0 Å². The number of hydrogen-bond acceptors (Lipinski definition) is 5. The van der Waals surface area contributed by atoms with Gasteiger partial charge in [0.15, 0.2) is 18.1 Å². The van der Waals surface area contributed by atoms with Crippen LogP contribution in [0, 0.1) is 0 Å². The van der Waals surface area contributed by atoms with Crippen LogP contribution in [0.15, 0.2) is 42.5 Å². The van der Waals surface area contributed by atoms with Gasteiger partial charge in [0.1, 0.15) is 5.75 Å². The first-order valence-electron chi connectivity index (χ1n) is 7.58. The van der Waals surface area contributed by atoms with E-state index < -0.39 is 6.10 Å². The Balaban J connectivity index is 1.83. The van der Waals surface area contributed by atoms with Crippen molar-refractivity contribution < 1.29 is 24.1 Å². The molecular formula is C18H20ClNO5. The summed E-state index contributed by atoms with van der Waals surface area (Å²) in [7, 11) is 3.05. The Kier molecular flexibility index (Phi) is 6.91. The first kappa shape index (κ1) is 18.9. The van der Waals surface area contributed by atoms with Crippen LogP contribution < -0.4 is 19.5 Å². The maximum atomic E-state index is 11.8. The van der Waals surface area contributed by atoms with Crippen molar-refractivity contribution in [2.45, 2.75) is 6.10 Å². The van der Waals surface area contributed by atoms with Gasteiger partial charge in [0, 0.05) is 11.6 Å². The molecule has 0 saturated carbocycles. The molecule has 0 fully saturated rings. The molecule has 7 heteroatoms. The zero-order valence-corrected chi connectivity index (χ0v) is 14.7. The van der Waals surface area contributed by atoms with Crippen LogP contribution >= 0.6 is 11.6 Å². The standard InChI is InChI=1S/C18H20ClNO5/c1-23-16-8-3-12(9-17(16)24-2)15(21)10-20-18(22)11-25-14-6-4-13(19)5-7-14/h3-9,15,21H,10-11H2,1-2H3,(H,20,22)/t15-/m1/s1. The molecule has 1 amide bonds. The molecule has 6 nitrogen and oxygen atoms in total. The summed E-state index contributed by atoms with van der Waals surface area (Å²) in [5, 5.41) is 13.4. The summed E-state index contributed by atoms with van der Waals surface area (Å²) in [6.45, 7) is -0.0986. The molecule has 0 aliphatic heterocycles. The van der Waals surface area contributed by atoms with Crippen LogP contribution in [0.5, 0.6) is 17.2 Å². The number of halogens is 1. The number of hydrogen-bond donors (Lipinski definition) is 2. The van der Waals surface area contributed by atoms with Crippen molar-refractivity contribution >= 4 is 17.5 Å². The van der Waals surface area contributed by atoms with Gasteiger partial charge in [-0.15, -0.1) is 0 Å². The number of carbonyl (C=O) groups excluding carboxylic acids is 1. The van der Waals surface area contributed by atoms with Crippen LogP contribution in [-0.2, 0) is 4.79 Å². The van der Waals surface area contributed by atoms with Gasteiger partial charge in [-0.2, -0.15) is 0 Å². The Labute approximate surface area is 151 Å². The highest BCUT2D eigenvalue weighted by Crippen LogP contribution is 2.29. The highest BCUT2D eigenvalue weighted by atomic mass is 35.5. The van der Waals surface area contributed by atoms with Crippen molar-refractivity contribution in [2.75, 3.05) is 27.4 Å². The van der Waals surface area contributed by atoms with Crippen LogP contribution in [0.4, 0.5) is 0 Å². The molecule has 2 rings (SSSR count). The number of nitrogens with one attached hydrogen (secondary N) is 1. The van der Waals surface area contributed by atoms with E-state index in [1.165, 1.54) is 14.2 Å². The van der Waals surface area contributed by atoms with Crippen LogP contribution in [0.2, 0.25) is 5.02 Å². The number of aliphatic hydroxyl groups excluding tert-OH is 1. The summed E-state index contributed by atoms with van der Waals surface area (Å²) in [6.07, 6.45) is -0.876. The summed E-state index contributed by atoms with van der Waals surface area (Å²) >= 11 is 5.78. The van der Waals surface area contributed by atoms with Gasteiger partial charge < -0.3 is 24.6 Å². The molecule has 2 aromatic carbocycles. The fourth-order valence-electron chi connectivity index (χ4n) is 2.12. The molecule has 0 heterocycles. The van der Waals surface area contributed by atoms with Gasteiger partial charge in [-0.05, 0) is 42.0 Å². The maximum Gasteiger partial charge on any atom is 0.258 e. The molecule has 0 saturated heterocycles. The number of rotatable bonds is 8. The lowest BCUT2D eigenvalue weighted by atomic mass is 10.1. The van der Waals surface area contributed by atoms with Gasteiger partial charge in [-0.25, -0.2) is 0 Å². The lowest BCUT2D eigenvalue weighted by Crippen LogP contribution is -2.32. The van der Waals surface area contributed by atoms with E-state index in [9.17, 15) is 9.90 Å². The Bertz CT molecular complexity index is 705. The Morgan fingerprint density at radius 3 is 2.44 bits per heavy atom. The van der Waals surface area contributed by atoms with E-state index in [0.29, 0.717) is 27.8 Å². The van der Waals surface area contributed by atoms with Crippen molar-refractivity contribution in [1.29, 1.82) is 0 Å². The van der Waals surface area contributed by atoms with Crippen molar-refractivity contribution in [3.63, 3.8) is 0 Å². The Hall–Kier alpha value is -2.44. The topological polar surface area (TPSA) is 77.0 Å². The van der Waals surface area contributed by atoms with Crippen molar-refractivity contribution in [3.8, 4) is 17.2 Å². The molecule has 0 aliphatic carbocycles. The minimum atomic E-state index is -0.876. The predicted octanol–water partition coefficient (Wildman–Crippen LogP) is 2.59. The fraction of sp³-hybridized carbons (Fsp3) is 0.278. The number of benzene rings is 2. The van der Waals surface area contributed by atoms with Crippen LogP contribution in [0.25, 0.3) is 0 Å². The van der Waals surface area contributed by atoms with Crippen LogP contribution in [0.1, 0.15) is 11.7 Å². The average Bonchev–Trinajstić information content (AvgIpc) is 2.64.